The van der Waals surface area contributed by atoms with Crippen LogP contribution in [0.2, 0.25) is 0 Å². The number of aryl methyl sites for hydroxylation is 1. The Morgan fingerprint density at radius 2 is 2.36 bits per heavy atom. The van der Waals surface area contributed by atoms with Crippen LogP contribution >= 0.6 is 12.2 Å². The van der Waals surface area contributed by atoms with E-state index >= 15 is 0 Å². The first-order valence-electron chi connectivity index (χ1n) is 4.41. The minimum Gasteiger partial charge on any atom is -0.388 e. The Morgan fingerprint density at radius 1 is 1.64 bits per heavy atom. The van der Waals surface area contributed by atoms with Crippen LogP contribution in [-0.4, -0.2) is 33.7 Å². The van der Waals surface area contributed by atoms with Crippen molar-refractivity contribution in [2.24, 2.45) is 5.73 Å². The molecule has 0 saturated carbocycles. The zero-order chi connectivity index (χ0) is 10.6. The summed E-state index contributed by atoms with van der Waals surface area (Å²) in [5.74, 6) is 0. The van der Waals surface area contributed by atoms with Crippen LogP contribution in [0.5, 0.6) is 0 Å². The van der Waals surface area contributed by atoms with Gasteiger partial charge in [0.05, 0.1) is 12.3 Å². The summed E-state index contributed by atoms with van der Waals surface area (Å²) in [5, 5.41) is 7.88. The molecule has 1 heterocycles. The number of rotatable bonds is 5. The van der Waals surface area contributed by atoms with Crippen molar-refractivity contribution in [2.45, 2.75) is 19.9 Å². The Kier molecular flexibility index (Phi) is 3.97. The van der Waals surface area contributed by atoms with Crippen LogP contribution in [0.3, 0.4) is 0 Å². The molecule has 0 aliphatic rings. The summed E-state index contributed by atoms with van der Waals surface area (Å²) < 4.78 is 6.78. The number of ether oxygens (including phenoxy) is 1. The third-order valence-electron chi connectivity index (χ3n) is 1.91. The molecule has 0 aromatic carbocycles. The molecule has 1 rings (SSSR count). The van der Waals surface area contributed by atoms with Gasteiger partial charge in [-0.1, -0.05) is 17.4 Å². The van der Waals surface area contributed by atoms with E-state index in [1.807, 2.05) is 6.92 Å². The maximum Gasteiger partial charge on any atom is 0.143 e. The minimum atomic E-state index is 0.288. The fourth-order valence-electron chi connectivity index (χ4n) is 1.22. The van der Waals surface area contributed by atoms with Crippen molar-refractivity contribution in [3.05, 3.63) is 11.4 Å². The zero-order valence-electron chi connectivity index (χ0n) is 8.36. The van der Waals surface area contributed by atoms with Gasteiger partial charge in [0.15, 0.2) is 0 Å². The van der Waals surface area contributed by atoms with Crippen LogP contribution in [-0.2, 0) is 17.7 Å². The van der Waals surface area contributed by atoms with Gasteiger partial charge < -0.3 is 10.5 Å². The van der Waals surface area contributed by atoms with E-state index in [-0.39, 0.29) is 4.99 Å². The van der Waals surface area contributed by atoms with E-state index < -0.39 is 0 Å². The van der Waals surface area contributed by atoms with Crippen LogP contribution in [0, 0.1) is 0 Å². The van der Waals surface area contributed by atoms with Gasteiger partial charge in [-0.3, -0.25) is 0 Å². The number of thiocarbonyl (C=S) groups is 1. The molecule has 0 saturated heterocycles. The first-order chi connectivity index (χ1) is 6.70. The molecule has 1 aromatic heterocycles. The first-order valence-corrected chi connectivity index (χ1v) is 4.82. The van der Waals surface area contributed by atoms with Crippen molar-refractivity contribution in [3.63, 3.8) is 0 Å². The van der Waals surface area contributed by atoms with Crippen LogP contribution in [0.4, 0.5) is 0 Å². The molecule has 0 aliphatic carbocycles. The summed E-state index contributed by atoms with van der Waals surface area (Å²) in [5.41, 5.74) is 7.09. The molecule has 0 spiro atoms. The van der Waals surface area contributed by atoms with Crippen LogP contribution in [0.1, 0.15) is 18.3 Å². The molecule has 1 aromatic rings. The Morgan fingerprint density at radius 3 is 2.86 bits per heavy atom. The van der Waals surface area contributed by atoms with E-state index in [1.54, 1.807) is 11.8 Å². The second-order valence-corrected chi connectivity index (χ2v) is 3.25. The van der Waals surface area contributed by atoms with Gasteiger partial charge in [-0.25, -0.2) is 4.68 Å². The highest BCUT2D eigenvalue weighted by molar-refractivity contribution is 7.80. The van der Waals surface area contributed by atoms with Gasteiger partial charge in [0.2, 0.25) is 0 Å². The van der Waals surface area contributed by atoms with Gasteiger partial charge in [-0.05, 0) is 6.92 Å². The average molecular weight is 214 g/mol. The van der Waals surface area contributed by atoms with E-state index in [0.717, 1.165) is 18.7 Å². The molecular weight excluding hydrogens is 200 g/mol. The predicted octanol–water partition coefficient (Wildman–Crippen LogP) is 0.121. The quantitative estimate of drug-likeness (QED) is 0.705. The summed E-state index contributed by atoms with van der Waals surface area (Å²) in [6, 6.07) is 0. The number of aromatic nitrogens is 3. The summed E-state index contributed by atoms with van der Waals surface area (Å²) in [6.07, 6.45) is 0.726. The van der Waals surface area contributed by atoms with E-state index in [2.05, 4.69) is 10.3 Å². The topological polar surface area (TPSA) is 66.0 Å². The van der Waals surface area contributed by atoms with E-state index in [9.17, 15) is 0 Å². The smallest absolute Gasteiger partial charge is 0.143 e. The van der Waals surface area contributed by atoms with Crippen molar-refractivity contribution in [2.75, 3.05) is 13.7 Å². The zero-order valence-corrected chi connectivity index (χ0v) is 9.17. The first kappa shape index (κ1) is 11.1. The maximum atomic E-state index is 5.53. The van der Waals surface area contributed by atoms with Gasteiger partial charge in [0, 0.05) is 20.1 Å². The largest absolute Gasteiger partial charge is 0.388 e. The van der Waals surface area contributed by atoms with Crippen molar-refractivity contribution in [3.8, 4) is 0 Å². The molecule has 6 heteroatoms. The second kappa shape index (κ2) is 5.02. The summed E-state index contributed by atoms with van der Waals surface area (Å²) >= 11 is 4.88. The van der Waals surface area contributed by atoms with E-state index in [0.29, 0.717) is 12.3 Å². The Bertz CT molecular complexity index is 323. The highest BCUT2D eigenvalue weighted by atomic mass is 32.1. The van der Waals surface area contributed by atoms with Crippen molar-refractivity contribution in [1.29, 1.82) is 0 Å². The standard InChI is InChI=1S/C8H14N4OS/c1-3-12-6(4-5-13-2)7(8(9)14)10-11-12/h3-5H2,1-2H3,(H2,9,14). The molecule has 0 aliphatic heterocycles. The molecule has 0 atom stereocenters. The van der Waals surface area contributed by atoms with Gasteiger partial charge in [-0.15, -0.1) is 5.10 Å². The molecule has 5 nitrogen and oxygen atoms in total. The molecule has 0 unspecified atom stereocenters. The van der Waals surface area contributed by atoms with Crippen LogP contribution in [0.15, 0.2) is 0 Å². The molecule has 0 fully saturated rings. The lowest BCUT2D eigenvalue weighted by atomic mass is 10.2. The monoisotopic (exact) mass is 214 g/mol. The lowest BCUT2D eigenvalue weighted by Gasteiger charge is -2.04. The van der Waals surface area contributed by atoms with Gasteiger partial charge in [0.1, 0.15) is 10.7 Å². The van der Waals surface area contributed by atoms with Gasteiger partial charge >= 0.3 is 0 Å². The predicted molar refractivity (Wildman–Crippen MR) is 57.2 cm³/mol. The van der Waals surface area contributed by atoms with E-state index in [4.69, 9.17) is 22.7 Å². The lowest BCUT2D eigenvalue weighted by Crippen LogP contribution is -2.15. The molecule has 14 heavy (non-hydrogen) atoms. The van der Waals surface area contributed by atoms with Crippen LogP contribution in [0.25, 0.3) is 0 Å². The third kappa shape index (κ3) is 2.27. The molecule has 2 N–H and O–H groups in total. The third-order valence-corrected chi connectivity index (χ3v) is 2.11. The Balaban J connectivity index is 2.93. The summed E-state index contributed by atoms with van der Waals surface area (Å²) in [6.45, 7) is 3.37. The maximum absolute atomic E-state index is 5.53. The fourth-order valence-corrected chi connectivity index (χ4v) is 1.38. The van der Waals surface area contributed by atoms with Crippen LogP contribution < -0.4 is 5.73 Å². The molecule has 78 valence electrons. The molecule has 0 bridgehead atoms. The lowest BCUT2D eigenvalue weighted by molar-refractivity contribution is 0.200. The van der Waals surface area contributed by atoms with Crippen molar-refractivity contribution >= 4 is 17.2 Å². The van der Waals surface area contributed by atoms with Crippen molar-refractivity contribution < 1.29 is 4.74 Å². The highest BCUT2D eigenvalue weighted by Gasteiger charge is 2.13. The molecule has 0 amide bonds. The highest BCUT2D eigenvalue weighted by Crippen LogP contribution is 2.06. The summed E-state index contributed by atoms with van der Waals surface area (Å²) in [4.78, 5) is 0.288. The Labute approximate surface area is 88.2 Å². The minimum absolute atomic E-state index is 0.288. The summed E-state index contributed by atoms with van der Waals surface area (Å²) in [7, 11) is 1.65. The number of nitrogens with zero attached hydrogens (tertiary/aromatic N) is 3. The number of hydrogen-bond acceptors (Lipinski definition) is 4. The number of hydrogen-bond donors (Lipinski definition) is 1. The fraction of sp³-hybridized carbons (Fsp3) is 0.625. The SMILES string of the molecule is CCn1nnc(C(N)=S)c1CCOC. The normalized spacial score (nSPS) is 10.4. The van der Waals surface area contributed by atoms with E-state index in [1.165, 1.54) is 0 Å². The Hall–Kier alpha value is -1.01. The van der Waals surface area contributed by atoms with Gasteiger partial charge in [0.25, 0.3) is 0 Å². The average Bonchev–Trinajstić information content (AvgIpc) is 2.57. The number of methoxy groups -OCH3 is 1. The number of nitrogens with two attached hydrogens (primary N) is 1. The van der Waals surface area contributed by atoms with Crippen molar-refractivity contribution in [1.82, 2.24) is 15.0 Å². The van der Waals surface area contributed by atoms with Gasteiger partial charge in [-0.2, -0.15) is 0 Å². The molecule has 0 radical (unpaired) electrons. The second-order valence-electron chi connectivity index (χ2n) is 2.81. The molecular formula is C8H14N4OS.